The van der Waals surface area contributed by atoms with Crippen LogP contribution in [0.3, 0.4) is 0 Å². The van der Waals surface area contributed by atoms with Gasteiger partial charge < -0.3 is 14.7 Å². The lowest BCUT2D eigenvalue weighted by molar-refractivity contribution is -0.137. The Bertz CT molecular complexity index is 560. The largest absolute Gasteiger partial charge is 0.496 e. The van der Waals surface area contributed by atoms with Crippen LogP contribution in [0.15, 0.2) is 12.1 Å². The van der Waals surface area contributed by atoms with Crippen molar-refractivity contribution >= 4 is 46.1 Å². The molecule has 0 aromatic heterocycles. The molecule has 1 aromatic carbocycles. The van der Waals surface area contributed by atoms with E-state index in [-0.39, 0.29) is 18.5 Å². The number of carboxylic acid groups (broad SMARTS) is 1. The number of methoxy groups -OCH3 is 1. The molecule has 0 heterocycles. The summed E-state index contributed by atoms with van der Waals surface area (Å²) in [6.45, 7) is -0.309. The molecular weight excluding hydrogens is 397 g/mol. The maximum atomic E-state index is 12.5. The molecule has 0 bridgehead atoms. The van der Waals surface area contributed by atoms with E-state index in [0.29, 0.717) is 16.3 Å². The molecule has 1 fully saturated rings. The Morgan fingerprint density at radius 2 is 2.15 bits per heavy atom. The first-order chi connectivity index (χ1) is 9.43. The van der Waals surface area contributed by atoms with Crippen molar-refractivity contribution in [2.45, 2.75) is 18.9 Å². The van der Waals surface area contributed by atoms with Crippen LogP contribution in [-0.2, 0) is 4.79 Å². The van der Waals surface area contributed by atoms with E-state index in [1.54, 1.807) is 6.07 Å². The van der Waals surface area contributed by atoms with Gasteiger partial charge in [-0.25, -0.2) is 0 Å². The Morgan fingerprint density at radius 3 is 2.65 bits per heavy atom. The number of hydrogen-bond acceptors (Lipinski definition) is 3. The number of carbonyl (C=O) groups is 2. The molecular formula is C13H13ClINO4. The first-order valence-corrected chi connectivity index (χ1v) is 7.45. The highest BCUT2D eigenvalue weighted by molar-refractivity contribution is 14.1. The molecule has 20 heavy (non-hydrogen) atoms. The second-order valence-corrected chi connectivity index (χ2v) is 6.09. The van der Waals surface area contributed by atoms with Gasteiger partial charge in [-0.1, -0.05) is 11.6 Å². The molecule has 7 heteroatoms. The van der Waals surface area contributed by atoms with Gasteiger partial charge in [0.15, 0.2) is 0 Å². The number of halogens is 2. The van der Waals surface area contributed by atoms with Gasteiger partial charge in [0.2, 0.25) is 0 Å². The van der Waals surface area contributed by atoms with Crippen molar-refractivity contribution < 1.29 is 19.4 Å². The van der Waals surface area contributed by atoms with Crippen molar-refractivity contribution in [3.05, 3.63) is 26.3 Å². The molecule has 0 spiro atoms. The number of hydrogen-bond donors (Lipinski definition) is 1. The van der Waals surface area contributed by atoms with Crippen molar-refractivity contribution in [3.8, 4) is 5.75 Å². The van der Waals surface area contributed by atoms with Gasteiger partial charge in [-0.2, -0.15) is 0 Å². The van der Waals surface area contributed by atoms with Crippen LogP contribution >= 0.6 is 34.2 Å². The number of amides is 1. The number of ether oxygens (including phenoxy) is 1. The van der Waals surface area contributed by atoms with Crippen molar-refractivity contribution in [1.29, 1.82) is 0 Å². The first-order valence-electron chi connectivity index (χ1n) is 5.99. The molecule has 1 aliphatic carbocycles. The highest BCUT2D eigenvalue weighted by Gasteiger charge is 2.35. The van der Waals surface area contributed by atoms with Crippen molar-refractivity contribution in [3.63, 3.8) is 0 Å². The van der Waals surface area contributed by atoms with Crippen LogP contribution in [0.25, 0.3) is 0 Å². The third kappa shape index (κ3) is 3.35. The fraction of sp³-hybridized carbons (Fsp3) is 0.385. The molecule has 0 aliphatic heterocycles. The van der Waals surface area contributed by atoms with E-state index in [2.05, 4.69) is 0 Å². The van der Waals surface area contributed by atoms with Gasteiger partial charge in [-0.05, 0) is 47.6 Å². The average Bonchev–Trinajstić information content (AvgIpc) is 3.22. The van der Waals surface area contributed by atoms with E-state index < -0.39 is 5.97 Å². The number of benzene rings is 1. The SMILES string of the molecule is COc1cc(I)c(Cl)cc1C(=O)N(CC(=O)O)C1CC1. The molecule has 0 atom stereocenters. The van der Waals surface area contributed by atoms with Crippen LogP contribution < -0.4 is 4.74 Å². The van der Waals surface area contributed by atoms with E-state index in [0.717, 1.165) is 16.4 Å². The molecule has 108 valence electrons. The maximum Gasteiger partial charge on any atom is 0.323 e. The minimum absolute atomic E-state index is 0.00126. The normalized spacial score (nSPS) is 13.9. The van der Waals surface area contributed by atoms with Crippen LogP contribution in [0.4, 0.5) is 0 Å². The van der Waals surface area contributed by atoms with E-state index >= 15 is 0 Å². The summed E-state index contributed by atoms with van der Waals surface area (Å²) in [4.78, 5) is 24.8. The summed E-state index contributed by atoms with van der Waals surface area (Å²) in [5, 5.41) is 9.37. The van der Waals surface area contributed by atoms with E-state index in [4.69, 9.17) is 21.4 Å². The molecule has 1 aromatic rings. The summed E-state index contributed by atoms with van der Waals surface area (Å²) in [6.07, 6.45) is 1.67. The molecule has 0 saturated heterocycles. The highest BCUT2D eigenvalue weighted by Crippen LogP contribution is 2.33. The Morgan fingerprint density at radius 1 is 1.50 bits per heavy atom. The quantitative estimate of drug-likeness (QED) is 0.759. The lowest BCUT2D eigenvalue weighted by atomic mass is 10.1. The second-order valence-electron chi connectivity index (χ2n) is 4.52. The summed E-state index contributed by atoms with van der Waals surface area (Å²) in [7, 11) is 1.47. The van der Waals surface area contributed by atoms with E-state index in [9.17, 15) is 9.59 Å². The third-order valence-electron chi connectivity index (χ3n) is 3.03. The van der Waals surface area contributed by atoms with Crippen LogP contribution in [0.2, 0.25) is 5.02 Å². The summed E-state index contributed by atoms with van der Waals surface area (Å²) in [5.74, 6) is -0.981. The monoisotopic (exact) mass is 409 g/mol. The van der Waals surface area contributed by atoms with Crippen molar-refractivity contribution in [2.24, 2.45) is 0 Å². The molecule has 1 amide bonds. The lowest BCUT2D eigenvalue weighted by Gasteiger charge is -2.21. The molecule has 1 saturated carbocycles. The topological polar surface area (TPSA) is 66.8 Å². The maximum absolute atomic E-state index is 12.5. The Kier molecular flexibility index (Phi) is 4.74. The Hall–Kier alpha value is -1.02. The molecule has 0 unspecified atom stereocenters. The summed E-state index contributed by atoms with van der Waals surface area (Å²) < 4.78 is 5.97. The minimum Gasteiger partial charge on any atom is -0.496 e. The number of carbonyl (C=O) groups excluding carboxylic acids is 1. The van der Waals surface area contributed by atoms with Gasteiger partial charge in [0.05, 0.1) is 17.7 Å². The van der Waals surface area contributed by atoms with Crippen molar-refractivity contribution in [2.75, 3.05) is 13.7 Å². The second kappa shape index (κ2) is 6.17. The van der Waals surface area contributed by atoms with Crippen LogP contribution in [-0.4, -0.2) is 41.6 Å². The number of rotatable bonds is 5. The zero-order chi connectivity index (χ0) is 14.9. The van der Waals surface area contributed by atoms with Crippen LogP contribution in [0, 0.1) is 3.57 Å². The van der Waals surface area contributed by atoms with Gasteiger partial charge in [-0.3, -0.25) is 9.59 Å². The lowest BCUT2D eigenvalue weighted by Crippen LogP contribution is -2.37. The fourth-order valence-electron chi connectivity index (χ4n) is 1.92. The summed E-state index contributed by atoms with van der Waals surface area (Å²) >= 11 is 8.09. The van der Waals surface area contributed by atoms with Gasteiger partial charge in [0, 0.05) is 9.61 Å². The standard InChI is InChI=1S/C13H13ClINO4/c1-20-11-5-10(15)9(14)4-8(11)13(19)16(6-12(17)18)7-2-3-7/h4-5,7H,2-3,6H2,1H3,(H,17,18). The molecule has 2 rings (SSSR count). The smallest absolute Gasteiger partial charge is 0.323 e. The highest BCUT2D eigenvalue weighted by atomic mass is 127. The molecule has 5 nitrogen and oxygen atoms in total. The first kappa shape index (κ1) is 15.4. The predicted molar refractivity (Wildman–Crippen MR) is 82.4 cm³/mol. The molecule has 1 aliphatic rings. The molecule has 0 radical (unpaired) electrons. The van der Waals surface area contributed by atoms with Gasteiger partial charge in [0.1, 0.15) is 12.3 Å². The van der Waals surface area contributed by atoms with E-state index in [1.807, 2.05) is 22.6 Å². The fourth-order valence-corrected chi connectivity index (χ4v) is 2.52. The zero-order valence-electron chi connectivity index (χ0n) is 10.7. The minimum atomic E-state index is -1.03. The third-order valence-corrected chi connectivity index (χ3v) is 4.55. The van der Waals surface area contributed by atoms with Gasteiger partial charge in [0.25, 0.3) is 5.91 Å². The van der Waals surface area contributed by atoms with Gasteiger partial charge in [-0.15, -0.1) is 0 Å². The number of nitrogens with zero attached hydrogens (tertiary/aromatic N) is 1. The van der Waals surface area contributed by atoms with Crippen LogP contribution in [0.1, 0.15) is 23.2 Å². The van der Waals surface area contributed by atoms with Gasteiger partial charge >= 0.3 is 5.97 Å². The predicted octanol–water partition coefficient (Wildman–Crippen LogP) is 2.64. The van der Waals surface area contributed by atoms with Crippen LogP contribution in [0.5, 0.6) is 5.75 Å². The summed E-state index contributed by atoms with van der Waals surface area (Å²) in [6, 6.07) is 3.20. The molecule has 1 N–H and O–H groups in total. The average molecular weight is 410 g/mol. The van der Waals surface area contributed by atoms with E-state index in [1.165, 1.54) is 18.1 Å². The Balaban J connectivity index is 2.35. The Labute approximate surface area is 135 Å². The zero-order valence-corrected chi connectivity index (χ0v) is 13.6. The summed E-state index contributed by atoms with van der Waals surface area (Å²) in [5.41, 5.74) is 0.297. The number of carboxylic acids is 1. The van der Waals surface area contributed by atoms with Crippen molar-refractivity contribution in [1.82, 2.24) is 4.90 Å². The number of aliphatic carboxylic acids is 1.